The second-order valence-corrected chi connectivity index (χ2v) is 10.6. The van der Waals surface area contributed by atoms with E-state index in [0.717, 1.165) is 60.8 Å². The van der Waals surface area contributed by atoms with Crippen molar-refractivity contribution in [3.63, 3.8) is 0 Å². The van der Waals surface area contributed by atoms with Crippen LogP contribution in [0.2, 0.25) is 0 Å². The van der Waals surface area contributed by atoms with Gasteiger partial charge in [0.05, 0.1) is 11.0 Å². The number of carbonyl (C=O) groups is 2. The lowest BCUT2D eigenvalue weighted by atomic mass is 9.44. The van der Waals surface area contributed by atoms with Crippen molar-refractivity contribution in [3.05, 3.63) is 70.2 Å². The first-order valence-electron chi connectivity index (χ1n) is 13.2. The summed E-state index contributed by atoms with van der Waals surface area (Å²) in [6.45, 7) is 2.16. The van der Waals surface area contributed by atoms with Crippen LogP contribution in [0.3, 0.4) is 0 Å². The Bertz CT molecular complexity index is 1260. The van der Waals surface area contributed by atoms with Gasteiger partial charge in [0.25, 0.3) is 0 Å². The van der Waals surface area contributed by atoms with E-state index in [9.17, 15) is 19.8 Å². The van der Waals surface area contributed by atoms with Crippen LogP contribution in [0.1, 0.15) is 63.9 Å². The number of fused-ring (bicyclic) bond motifs is 1. The highest BCUT2D eigenvalue weighted by atomic mass is 16.5. The molecule has 1 aromatic rings. The van der Waals surface area contributed by atoms with Crippen LogP contribution in [-0.4, -0.2) is 28.8 Å². The predicted octanol–water partition coefficient (Wildman–Crippen LogP) is 5.33. The molecule has 1 aromatic carbocycles. The van der Waals surface area contributed by atoms with Crippen LogP contribution in [0.5, 0.6) is 5.75 Å². The molecule has 0 unspecified atom stereocenters. The van der Waals surface area contributed by atoms with Gasteiger partial charge in [0.15, 0.2) is 0 Å². The van der Waals surface area contributed by atoms with Crippen LogP contribution in [0.25, 0.3) is 5.57 Å². The van der Waals surface area contributed by atoms with Gasteiger partial charge in [0, 0.05) is 23.7 Å². The number of carbonyl (C=O) groups excluding carboxylic acids is 2. The molecule has 4 aliphatic carbocycles. The molecule has 36 heavy (non-hydrogen) atoms. The zero-order valence-electron chi connectivity index (χ0n) is 20.6. The number of hydrogen-bond acceptors (Lipinski definition) is 6. The van der Waals surface area contributed by atoms with Gasteiger partial charge >= 0.3 is 11.9 Å². The monoisotopic (exact) mass is 488 g/mol. The van der Waals surface area contributed by atoms with E-state index >= 15 is 0 Å². The molecule has 1 spiro atoms. The molecular formula is C30H32O6. The first kappa shape index (κ1) is 23.3. The van der Waals surface area contributed by atoms with Gasteiger partial charge in [-0.15, -0.1) is 0 Å². The molecule has 0 aromatic heterocycles. The fourth-order valence-electron chi connectivity index (χ4n) is 7.55. The molecule has 188 valence electrons. The van der Waals surface area contributed by atoms with Gasteiger partial charge in [-0.05, 0) is 92.2 Å². The molecule has 6 aliphatic rings. The number of benzene rings is 1. The average Bonchev–Trinajstić information content (AvgIpc) is 3.36. The second kappa shape index (κ2) is 8.77. The maximum Gasteiger partial charge on any atom is 0.340 e. The summed E-state index contributed by atoms with van der Waals surface area (Å²) in [5.74, 6) is 0.941. The fourth-order valence-corrected chi connectivity index (χ4v) is 7.55. The number of cyclic esters (lactones) is 2. The third-order valence-corrected chi connectivity index (χ3v) is 8.81. The number of aromatic hydroxyl groups is 1. The third-order valence-electron chi connectivity index (χ3n) is 8.81. The van der Waals surface area contributed by atoms with Gasteiger partial charge in [0.2, 0.25) is 0 Å². The van der Waals surface area contributed by atoms with Crippen LogP contribution in [-0.2, 0) is 19.1 Å². The van der Waals surface area contributed by atoms with Crippen LogP contribution in [0.4, 0.5) is 0 Å². The maximum absolute atomic E-state index is 13.6. The summed E-state index contributed by atoms with van der Waals surface area (Å²) in [6, 6.07) is 7.13. The first-order valence-corrected chi connectivity index (χ1v) is 13.2. The number of rotatable bonds is 6. The van der Waals surface area contributed by atoms with Gasteiger partial charge < -0.3 is 19.7 Å². The van der Waals surface area contributed by atoms with E-state index in [4.69, 9.17) is 9.47 Å². The molecule has 6 heteroatoms. The molecule has 2 N–H and O–H groups in total. The number of allylic oxidation sites excluding steroid dienone is 5. The van der Waals surface area contributed by atoms with Crippen molar-refractivity contribution in [3.8, 4) is 5.75 Å². The van der Waals surface area contributed by atoms with E-state index in [0.29, 0.717) is 29.9 Å². The molecule has 2 fully saturated rings. The second-order valence-electron chi connectivity index (χ2n) is 10.6. The highest BCUT2D eigenvalue weighted by Gasteiger charge is 2.68. The zero-order valence-corrected chi connectivity index (χ0v) is 20.6. The van der Waals surface area contributed by atoms with Crippen molar-refractivity contribution in [1.82, 2.24) is 0 Å². The number of hydrogen-bond donors (Lipinski definition) is 2. The van der Waals surface area contributed by atoms with Crippen molar-refractivity contribution in [2.75, 3.05) is 6.61 Å². The lowest BCUT2D eigenvalue weighted by molar-refractivity contribution is -0.135. The van der Waals surface area contributed by atoms with Crippen molar-refractivity contribution in [1.29, 1.82) is 0 Å². The molecule has 2 heterocycles. The Kier molecular flexibility index (Phi) is 5.67. The first-order chi connectivity index (χ1) is 17.5. The average molecular weight is 489 g/mol. The largest absolute Gasteiger partial charge is 0.508 e. The van der Waals surface area contributed by atoms with Crippen molar-refractivity contribution >= 4 is 17.5 Å². The minimum atomic E-state index is -0.729. The lowest BCUT2D eigenvalue weighted by Gasteiger charge is -2.56. The van der Waals surface area contributed by atoms with Crippen LogP contribution in [0.15, 0.2) is 64.7 Å². The molecule has 2 aliphatic heterocycles. The summed E-state index contributed by atoms with van der Waals surface area (Å²) >= 11 is 0. The van der Waals surface area contributed by atoms with Gasteiger partial charge in [-0.2, -0.15) is 0 Å². The Balaban J connectivity index is 1.59. The molecule has 0 amide bonds. The molecule has 2 bridgehead atoms. The van der Waals surface area contributed by atoms with E-state index in [1.165, 1.54) is 0 Å². The molecule has 1 saturated heterocycles. The minimum absolute atomic E-state index is 0.0588. The van der Waals surface area contributed by atoms with Crippen molar-refractivity contribution in [2.45, 2.75) is 58.3 Å². The number of ether oxygens (including phenoxy) is 2. The Labute approximate surface area is 211 Å². The van der Waals surface area contributed by atoms with Gasteiger partial charge in [-0.3, -0.25) is 0 Å². The topological polar surface area (TPSA) is 93.1 Å². The predicted molar refractivity (Wildman–Crippen MR) is 133 cm³/mol. The van der Waals surface area contributed by atoms with Crippen LogP contribution < -0.4 is 0 Å². The Morgan fingerprint density at radius 1 is 1.08 bits per heavy atom. The zero-order chi connectivity index (χ0) is 25.0. The van der Waals surface area contributed by atoms with E-state index < -0.39 is 5.41 Å². The molecule has 6 nitrogen and oxygen atoms in total. The number of esters is 2. The number of unbranched alkanes of at least 4 members (excludes halogenated alkanes) is 2. The maximum atomic E-state index is 13.6. The molecule has 7 rings (SSSR count). The SMILES string of the molecule is CCC/C=C1\OC(=O)C2=C1CC[C@H]1[C@H]3CC[C@]4(C(=C3c3cccc(O)c3)C(=O)O/C4=C\CCCO)[C@@H]21. The van der Waals surface area contributed by atoms with E-state index in [1.54, 1.807) is 12.1 Å². The number of phenolic OH excluding ortho intramolecular Hbond substituents is 1. The summed E-state index contributed by atoms with van der Waals surface area (Å²) in [5.41, 5.74) is 3.47. The normalized spacial score (nSPS) is 32.7. The summed E-state index contributed by atoms with van der Waals surface area (Å²) in [5, 5.41) is 19.6. The lowest BCUT2D eigenvalue weighted by Crippen LogP contribution is -2.52. The quantitative estimate of drug-likeness (QED) is 0.415. The van der Waals surface area contributed by atoms with Crippen molar-refractivity contribution in [2.24, 2.45) is 23.2 Å². The van der Waals surface area contributed by atoms with Crippen LogP contribution in [0, 0.1) is 23.2 Å². The van der Waals surface area contributed by atoms with Gasteiger partial charge in [-0.1, -0.05) is 25.5 Å². The van der Waals surface area contributed by atoms with Gasteiger partial charge in [0.1, 0.15) is 17.3 Å². The summed E-state index contributed by atoms with van der Waals surface area (Å²) < 4.78 is 11.8. The molecule has 0 radical (unpaired) electrons. The summed E-state index contributed by atoms with van der Waals surface area (Å²) in [7, 11) is 0. The Morgan fingerprint density at radius 2 is 1.94 bits per heavy atom. The molecular weight excluding hydrogens is 456 g/mol. The highest BCUT2D eigenvalue weighted by Crippen LogP contribution is 2.71. The van der Waals surface area contributed by atoms with E-state index in [1.807, 2.05) is 24.3 Å². The van der Waals surface area contributed by atoms with Crippen LogP contribution >= 0.6 is 0 Å². The summed E-state index contributed by atoms with van der Waals surface area (Å²) in [6.07, 6.45) is 10.3. The smallest absolute Gasteiger partial charge is 0.340 e. The third kappa shape index (κ3) is 3.20. The molecule has 4 atom stereocenters. The number of phenols is 1. The number of aliphatic hydroxyl groups is 1. The number of aliphatic hydroxyl groups excluding tert-OH is 1. The standard InChI is InChI=1S/C30H32O6/c1-2-3-9-22-21-12-11-20-19-13-14-30(26(20)25(21)28(33)35-22)23(10-4-5-15-31)36-29(34)27(30)24(19)17-7-6-8-18(32)16-17/h6-10,16,19-20,26,31-32H,2-5,11-15H2,1H3/b22-9-,23-10-/t19-,20+,26-,30-/m1/s1. The fraction of sp³-hybridized carbons (Fsp3) is 0.467. The minimum Gasteiger partial charge on any atom is -0.508 e. The summed E-state index contributed by atoms with van der Waals surface area (Å²) in [4.78, 5) is 27.0. The Morgan fingerprint density at radius 3 is 2.72 bits per heavy atom. The highest BCUT2D eigenvalue weighted by molar-refractivity contribution is 6.06. The Hall–Kier alpha value is -3.12. The molecule has 1 saturated carbocycles. The van der Waals surface area contributed by atoms with Crippen molar-refractivity contribution < 1.29 is 29.3 Å². The van der Waals surface area contributed by atoms with Gasteiger partial charge in [-0.25, -0.2) is 9.59 Å². The van der Waals surface area contributed by atoms with E-state index in [-0.39, 0.29) is 42.0 Å². The van der Waals surface area contributed by atoms with E-state index in [2.05, 4.69) is 6.92 Å².